The highest BCUT2D eigenvalue weighted by Crippen LogP contribution is 2.52. The van der Waals surface area contributed by atoms with Crippen molar-refractivity contribution in [3.8, 4) is 17.2 Å². The molecule has 1 fully saturated rings. The number of aromatic hydroxyl groups is 2. The molecule has 0 spiro atoms. The summed E-state index contributed by atoms with van der Waals surface area (Å²) in [5, 5.41) is 49.1. The number of methoxy groups -OCH3 is 1. The van der Waals surface area contributed by atoms with Gasteiger partial charge in [0.05, 0.1) is 47.8 Å². The lowest BCUT2D eigenvalue weighted by atomic mass is 9.72. The van der Waals surface area contributed by atoms with Crippen LogP contribution in [0.5, 0.6) is 17.2 Å². The van der Waals surface area contributed by atoms with Gasteiger partial charge in [0, 0.05) is 42.0 Å². The van der Waals surface area contributed by atoms with Crippen molar-refractivity contribution in [2.75, 3.05) is 7.11 Å². The fourth-order valence-corrected chi connectivity index (χ4v) is 5.94. The lowest BCUT2D eigenvalue weighted by Crippen LogP contribution is -2.52. The van der Waals surface area contributed by atoms with Crippen LogP contribution < -0.4 is 27.2 Å². The first-order chi connectivity index (χ1) is 20.3. The van der Waals surface area contributed by atoms with E-state index in [1.807, 2.05) is 5.43 Å². The monoisotopic (exact) mass is 599 g/mol. The summed E-state index contributed by atoms with van der Waals surface area (Å²) in [5.74, 6) is 2.46. The Balaban J connectivity index is 1.67. The zero-order chi connectivity index (χ0) is 31.4. The number of phenolic OH excluding ortho intramolecular Hbond substituents is 2. The van der Waals surface area contributed by atoms with Crippen LogP contribution in [0.2, 0.25) is 0 Å². The summed E-state index contributed by atoms with van der Waals surface area (Å²) in [6.45, 7) is 3.02. The number of phenols is 2. The maximum absolute atomic E-state index is 13.8. The van der Waals surface area contributed by atoms with Crippen molar-refractivity contribution in [2.45, 2.75) is 69.4 Å². The molecule has 0 aromatic heterocycles. The van der Waals surface area contributed by atoms with E-state index in [2.05, 4.69) is 10.5 Å². The van der Waals surface area contributed by atoms with E-state index in [1.54, 1.807) is 6.92 Å². The number of rotatable bonds is 5. The van der Waals surface area contributed by atoms with Gasteiger partial charge in [-0.25, -0.2) is 16.1 Å². The van der Waals surface area contributed by atoms with Crippen LogP contribution in [0.15, 0.2) is 23.3 Å². The van der Waals surface area contributed by atoms with Crippen LogP contribution in [-0.2, 0) is 15.9 Å². The van der Waals surface area contributed by atoms with Crippen molar-refractivity contribution >= 4 is 23.3 Å². The minimum Gasteiger partial charge on any atom is -0.507 e. The number of fused-ring (bicyclic) bond motifs is 3. The number of ketones is 2. The molecule has 10 N–H and O–H groups in total. The highest BCUT2D eigenvalue weighted by molar-refractivity contribution is 6.31. The number of nitrogens with one attached hydrogen (secondary N) is 2. The number of hydrogen-bond donors (Lipinski definition) is 8. The molecule has 0 bridgehead atoms. The highest BCUT2D eigenvalue weighted by atomic mass is 16.7. The summed E-state index contributed by atoms with van der Waals surface area (Å²) >= 11 is 0. The minimum absolute atomic E-state index is 0.0190. The fourth-order valence-electron chi connectivity index (χ4n) is 5.94. The summed E-state index contributed by atoms with van der Waals surface area (Å²) in [6.07, 6.45) is -4.59. The van der Waals surface area contributed by atoms with Crippen LogP contribution in [0.4, 0.5) is 4.79 Å². The van der Waals surface area contributed by atoms with Crippen LogP contribution in [0.1, 0.15) is 75.8 Å². The molecule has 6 atom stereocenters. The van der Waals surface area contributed by atoms with E-state index in [-0.39, 0.29) is 53.0 Å². The maximum Gasteiger partial charge on any atom is 0.349 e. The zero-order valence-corrected chi connectivity index (χ0v) is 23.6. The Hall–Kier alpha value is -4.12. The molecule has 2 aromatic rings. The van der Waals surface area contributed by atoms with E-state index in [4.69, 9.17) is 25.8 Å². The normalized spacial score (nSPS) is 28.4. The van der Waals surface area contributed by atoms with E-state index in [0.29, 0.717) is 0 Å². The number of nitrogens with zero attached hydrogens (tertiary/aromatic N) is 1. The van der Waals surface area contributed by atoms with E-state index in [1.165, 1.54) is 32.2 Å². The lowest BCUT2D eigenvalue weighted by molar-refractivity contribution is -0.245. The number of nitrogens with two attached hydrogens (primary N) is 2. The number of aliphatic hydroxyl groups excluding tert-OH is 1. The van der Waals surface area contributed by atoms with Gasteiger partial charge in [-0.1, -0.05) is 12.1 Å². The van der Waals surface area contributed by atoms with Gasteiger partial charge in [0.15, 0.2) is 12.1 Å². The number of carbonyl (C=O) groups excluding carboxylic acids is 3. The first kappa shape index (κ1) is 30.3. The quantitative estimate of drug-likeness (QED) is 0.0634. The van der Waals surface area contributed by atoms with Crippen molar-refractivity contribution < 1.29 is 49.0 Å². The minimum atomic E-state index is -1.90. The first-order valence-electron chi connectivity index (χ1n) is 13.5. The Morgan fingerprint density at radius 3 is 2.51 bits per heavy atom. The zero-order valence-electron chi connectivity index (χ0n) is 23.6. The van der Waals surface area contributed by atoms with Gasteiger partial charge in [-0.15, -0.1) is 0 Å². The molecule has 2 aliphatic carbocycles. The second-order valence-electron chi connectivity index (χ2n) is 10.9. The number of hydrogen-bond acceptors (Lipinski definition) is 13. The second kappa shape index (κ2) is 11.2. The molecule has 5 rings (SSSR count). The molecule has 6 unspecified atom stereocenters. The van der Waals surface area contributed by atoms with Crippen molar-refractivity contribution in [1.82, 2.24) is 10.9 Å². The average Bonchev–Trinajstić information content (AvgIpc) is 2.98. The standard InChI is InChI=1S/C28H33N5O10/c1-10-22(34)14(29)7-17(42-10)43-16-9-28(40,11(2)32-33-27(39)31-30)8-13-19(16)26(38)21-20(24(13)36)23(35)12-5-4-6-15(41-3)18(12)25(21)37/h4-6,10,14,16-17,22,34,36,38,40H,7-9,29-30H2,1-3H3,(H2,31,33,39). The predicted molar refractivity (Wildman–Crippen MR) is 149 cm³/mol. The molecular weight excluding hydrogens is 566 g/mol. The molecular formula is C28H33N5O10. The van der Waals surface area contributed by atoms with Gasteiger partial charge in [0.1, 0.15) is 22.8 Å². The molecule has 3 aliphatic rings. The summed E-state index contributed by atoms with van der Waals surface area (Å²) in [5.41, 5.74) is 7.02. The molecule has 43 heavy (non-hydrogen) atoms. The molecule has 2 aromatic carbocycles. The summed E-state index contributed by atoms with van der Waals surface area (Å²) in [7, 11) is 1.33. The summed E-state index contributed by atoms with van der Waals surface area (Å²) in [4.78, 5) is 39.1. The van der Waals surface area contributed by atoms with E-state index >= 15 is 0 Å². The number of benzene rings is 2. The predicted octanol–water partition coefficient (Wildman–Crippen LogP) is -0.0113. The molecule has 230 valence electrons. The number of amides is 2. The highest BCUT2D eigenvalue weighted by Gasteiger charge is 2.49. The van der Waals surface area contributed by atoms with Gasteiger partial charge < -0.3 is 40.4 Å². The Labute approximate surface area is 245 Å². The largest absolute Gasteiger partial charge is 0.507 e. The number of hydrazine groups is 1. The van der Waals surface area contributed by atoms with Gasteiger partial charge in [0.2, 0.25) is 5.78 Å². The SMILES string of the molecule is COc1cccc2c1C(=O)c1c(O)c3c(c(O)c1C2=O)CC(O)(C(C)=NNC(=O)NN)CC3OC1CC(N)C(O)C(C)O1. The third-order valence-electron chi connectivity index (χ3n) is 8.27. The molecule has 1 heterocycles. The molecule has 0 radical (unpaired) electrons. The smallest absolute Gasteiger partial charge is 0.349 e. The summed E-state index contributed by atoms with van der Waals surface area (Å²) in [6, 6.07) is 2.84. The first-order valence-corrected chi connectivity index (χ1v) is 13.5. The molecule has 1 saturated heterocycles. The third-order valence-corrected chi connectivity index (χ3v) is 8.27. The Kier molecular flexibility index (Phi) is 7.89. The van der Waals surface area contributed by atoms with E-state index in [0.717, 1.165) is 0 Å². The number of ether oxygens (including phenoxy) is 3. The van der Waals surface area contributed by atoms with Crippen LogP contribution in [-0.4, -0.2) is 81.0 Å². The van der Waals surface area contributed by atoms with Crippen molar-refractivity contribution in [3.05, 3.63) is 51.6 Å². The van der Waals surface area contributed by atoms with Crippen LogP contribution in [0.3, 0.4) is 0 Å². The lowest BCUT2D eigenvalue weighted by Gasteiger charge is -2.42. The summed E-state index contributed by atoms with van der Waals surface area (Å²) < 4.78 is 17.3. The van der Waals surface area contributed by atoms with Crippen molar-refractivity contribution in [2.24, 2.45) is 16.7 Å². The Bertz CT molecular complexity index is 1530. The second-order valence-corrected chi connectivity index (χ2v) is 10.9. The van der Waals surface area contributed by atoms with Crippen LogP contribution in [0.25, 0.3) is 0 Å². The number of aliphatic hydroxyl groups is 2. The topological polar surface area (TPSA) is 248 Å². The molecule has 15 nitrogen and oxygen atoms in total. The van der Waals surface area contributed by atoms with Crippen molar-refractivity contribution in [1.29, 1.82) is 0 Å². The van der Waals surface area contributed by atoms with Crippen molar-refractivity contribution in [3.63, 3.8) is 0 Å². The van der Waals surface area contributed by atoms with E-state index in [9.17, 15) is 34.8 Å². The van der Waals surface area contributed by atoms with Gasteiger partial charge in [-0.05, 0) is 19.9 Å². The molecule has 0 saturated carbocycles. The van der Waals surface area contributed by atoms with Gasteiger partial charge >= 0.3 is 6.03 Å². The van der Waals surface area contributed by atoms with Gasteiger partial charge in [0.25, 0.3) is 0 Å². The third kappa shape index (κ3) is 4.99. The number of hydrazone groups is 1. The molecule has 1 aliphatic heterocycles. The molecule has 2 amide bonds. The van der Waals surface area contributed by atoms with Crippen LogP contribution in [0, 0.1) is 0 Å². The Morgan fingerprint density at radius 1 is 1.16 bits per heavy atom. The fraction of sp³-hybridized carbons (Fsp3) is 0.429. The average molecular weight is 600 g/mol. The molecule has 15 heteroatoms. The van der Waals surface area contributed by atoms with Crippen LogP contribution >= 0.6 is 0 Å². The Morgan fingerprint density at radius 2 is 1.86 bits per heavy atom. The number of urea groups is 1. The van der Waals surface area contributed by atoms with E-state index < -0.39 is 76.5 Å². The number of carbonyl (C=O) groups is 3. The van der Waals surface area contributed by atoms with Gasteiger partial charge in [-0.2, -0.15) is 5.10 Å². The maximum atomic E-state index is 13.8. The van der Waals surface area contributed by atoms with Gasteiger partial charge in [-0.3, -0.25) is 15.0 Å².